The standard InChI is InChI=1S/C11H9ClN2O3/c12-3-5-17-10-7-9(14(15)16)6-8-2-1-4-13-11(8)10/h1-2,4,6-7H,3,5H2. The average Bonchev–Trinajstić information content (AvgIpc) is 2.35. The first-order chi connectivity index (χ1) is 8.22. The molecule has 0 atom stereocenters. The van der Waals surface area contributed by atoms with Gasteiger partial charge in [0.15, 0.2) is 5.75 Å². The van der Waals surface area contributed by atoms with Gasteiger partial charge < -0.3 is 4.74 Å². The Kier molecular flexibility index (Phi) is 3.39. The number of hydrogen-bond donors (Lipinski definition) is 0. The maximum Gasteiger partial charge on any atom is 0.273 e. The van der Waals surface area contributed by atoms with E-state index in [0.717, 1.165) is 0 Å². The number of nitro groups is 1. The van der Waals surface area contributed by atoms with Gasteiger partial charge >= 0.3 is 0 Å². The second-order valence-electron chi connectivity index (χ2n) is 3.31. The minimum Gasteiger partial charge on any atom is -0.490 e. The van der Waals surface area contributed by atoms with E-state index in [4.69, 9.17) is 16.3 Å². The van der Waals surface area contributed by atoms with E-state index >= 15 is 0 Å². The van der Waals surface area contributed by atoms with Gasteiger partial charge in [0.1, 0.15) is 12.1 Å². The van der Waals surface area contributed by atoms with E-state index in [9.17, 15) is 10.1 Å². The number of rotatable bonds is 4. The van der Waals surface area contributed by atoms with Crippen molar-refractivity contribution in [3.8, 4) is 5.75 Å². The molecule has 1 heterocycles. The predicted molar refractivity (Wildman–Crippen MR) is 64.6 cm³/mol. The molecule has 0 amide bonds. The molecule has 0 fully saturated rings. The summed E-state index contributed by atoms with van der Waals surface area (Å²) in [6, 6.07) is 6.30. The van der Waals surface area contributed by atoms with E-state index in [2.05, 4.69) is 4.98 Å². The van der Waals surface area contributed by atoms with Crippen LogP contribution in [0.5, 0.6) is 5.75 Å². The third-order valence-corrected chi connectivity index (χ3v) is 2.35. The molecule has 1 aromatic heterocycles. The fourth-order valence-corrected chi connectivity index (χ4v) is 1.58. The van der Waals surface area contributed by atoms with Crippen molar-refractivity contribution >= 4 is 28.2 Å². The first-order valence-corrected chi connectivity index (χ1v) is 5.48. The van der Waals surface area contributed by atoms with E-state index < -0.39 is 4.92 Å². The monoisotopic (exact) mass is 252 g/mol. The van der Waals surface area contributed by atoms with Crippen molar-refractivity contribution in [2.24, 2.45) is 0 Å². The number of pyridine rings is 1. The number of non-ortho nitro benzene ring substituents is 1. The highest BCUT2D eigenvalue weighted by Gasteiger charge is 2.12. The van der Waals surface area contributed by atoms with Crippen molar-refractivity contribution in [3.63, 3.8) is 0 Å². The molecule has 2 aromatic rings. The number of aromatic nitrogens is 1. The van der Waals surface area contributed by atoms with E-state index in [1.54, 1.807) is 18.3 Å². The van der Waals surface area contributed by atoms with Crippen molar-refractivity contribution in [3.05, 3.63) is 40.6 Å². The first-order valence-electron chi connectivity index (χ1n) is 4.94. The smallest absolute Gasteiger partial charge is 0.273 e. The fraction of sp³-hybridized carbons (Fsp3) is 0.182. The summed E-state index contributed by atoms with van der Waals surface area (Å²) in [7, 11) is 0. The van der Waals surface area contributed by atoms with Crippen LogP contribution in [0.2, 0.25) is 0 Å². The summed E-state index contributed by atoms with van der Waals surface area (Å²) in [4.78, 5) is 14.5. The molecule has 0 bridgehead atoms. The molecule has 6 heteroatoms. The molecule has 0 unspecified atom stereocenters. The normalized spacial score (nSPS) is 10.4. The lowest BCUT2D eigenvalue weighted by atomic mass is 10.2. The number of benzene rings is 1. The molecule has 0 aliphatic rings. The highest BCUT2D eigenvalue weighted by molar-refractivity contribution is 6.18. The summed E-state index contributed by atoms with van der Waals surface area (Å²) in [5.41, 5.74) is 0.582. The van der Waals surface area contributed by atoms with Crippen molar-refractivity contribution < 1.29 is 9.66 Å². The average molecular weight is 253 g/mol. The Morgan fingerprint density at radius 1 is 1.47 bits per heavy atom. The number of fused-ring (bicyclic) bond motifs is 1. The Morgan fingerprint density at radius 3 is 3.00 bits per heavy atom. The van der Waals surface area contributed by atoms with Crippen LogP contribution in [0.1, 0.15) is 0 Å². The number of nitro benzene ring substituents is 1. The number of alkyl halides is 1. The summed E-state index contributed by atoms with van der Waals surface area (Å²) in [5, 5.41) is 11.4. The molecule has 0 aliphatic carbocycles. The maximum atomic E-state index is 10.8. The van der Waals surface area contributed by atoms with Gasteiger partial charge in [-0.2, -0.15) is 0 Å². The van der Waals surface area contributed by atoms with Crippen molar-refractivity contribution in [2.75, 3.05) is 12.5 Å². The molecule has 5 nitrogen and oxygen atoms in total. The molecule has 88 valence electrons. The lowest BCUT2D eigenvalue weighted by Gasteiger charge is -2.06. The molecular formula is C11H9ClN2O3. The zero-order chi connectivity index (χ0) is 12.3. The molecule has 0 radical (unpaired) electrons. The summed E-state index contributed by atoms with van der Waals surface area (Å²) in [6.07, 6.45) is 1.61. The van der Waals surface area contributed by atoms with E-state index in [0.29, 0.717) is 22.5 Å². The third kappa shape index (κ3) is 2.45. The van der Waals surface area contributed by atoms with Crippen LogP contribution in [0.15, 0.2) is 30.5 Å². The van der Waals surface area contributed by atoms with Gasteiger partial charge in [-0.25, -0.2) is 0 Å². The van der Waals surface area contributed by atoms with E-state index in [1.165, 1.54) is 12.1 Å². The van der Waals surface area contributed by atoms with Gasteiger partial charge in [0.25, 0.3) is 5.69 Å². The fourth-order valence-electron chi connectivity index (χ4n) is 1.51. The molecule has 0 spiro atoms. The third-order valence-electron chi connectivity index (χ3n) is 2.20. The van der Waals surface area contributed by atoms with Gasteiger partial charge in [0.05, 0.1) is 16.9 Å². The number of nitrogens with zero attached hydrogens (tertiary/aromatic N) is 2. The lowest BCUT2D eigenvalue weighted by molar-refractivity contribution is -0.384. The maximum absolute atomic E-state index is 10.8. The molecular weight excluding hydrogens is 244 g/mol. The summed E-state index contributed by atoms with van der Waals surface area (Å²) >= 11 is 5.53. The summed E-state index contributed by atoms with van der Waals surface area (Å²) in [6.45, 7) is 0.286. The van der Waals surface area contributed by atoms with Crippen LogP contribution in [0.4, 0.5) is 5.69 Å². The van der Waals surface area contributed by atoms with Crippen LogP contribution < -0.4 is 4.74 Å². The Morgan fingerprint density at radius 2 is 2.29 bits per heavy atom. The highest BCUT2D eigenvalue weighted by atomic mass is 35.5. The lowest BCUT2D eigenvalue weighted by Crippen LogP contribution is -2.00. The Balaban J connectivity index is 2.56. The van der Waals surface area contributed by atoms with Crippen LogP contribution in [0, 0.1) is 10.1 Å². The van der Waals surface area contributed by atoms with Gasteiger partial charge in [-0.1, -0.05) is 6.07 Å². The van der Waals surface area contributed by atoms with Crippen LogP contribution in [0.3, 0.4) is 0 Å². The molecule has 0 aliphatic heterocycles. The second-order valence-corrected chi connectivity index (χ2v) is 3.69. The van der Waals surface area contributed by atoms with Crippen molar-refractivity contribution in [2.45, 2.75) is 0 Å². The van der Waals surface area contributed by atoms with Gasteiger partial charge in [-0.3, -0.25) is 15.1 Å². The number of halogens is 1. The molecule has 2 rings (SSSR count). The van der Waals surface area contributed by atoms with Gasteiger partial charge in [0, 0.05) is 17.6 Å². The van der Waals surface area contributed by atoms with Gasteiger partial charge in [-0.15, -0.1) is 11.6 Å². The second kappa shape index (κ2) is 4.97. The van der Waals surface area contributed by atoms with Crippen LogP contribution in [-0.4, -0.2) is 22.4 Å². The molecule has 1 aromatic carbocycles. The minimum absolute atomic E-state index is 0.0185. The number of hydrogen-bond acceptors (Lipinski definition) is 4. The van der Waals surface area contributed by atoms with Crippen LogP contribution in [0.25, 0.3) is 10.9 Å². The Hall–Kier alpha value is -1.88. The van der Waals surface area contributed by atoms with Gasteiger partial charge in [-0.05, 0) is 6.07 Å². The van der Waals surface area contributed by atoms with Crippen LogP contribution in [-0.2, 0) is 0 Å². The Bertz CT molecular complexity index is 559. The zero-order valence-electron chi connectivity index (χ0n) is 8.80. The largest absolute Gasteiger partial charge is 0.490 e. The topological polar surface area (TPSA) is 65.3 Å². The van der Waals surface area contributed by atoms with Crippen molar-refractivity contribution in [1.82, 2.24) is 4.98 Å². The summed E-state index contributed by atoms with van der Waals surface area (Å²) < 4.78 is 5.36. The van der Waals surface area contributed by atoms with E-state index in [-0.39, 0.29) is 12.3 Å². The Labute approximate surface area is 102 Å². The minimum atomic E-state index is -0.458. The SMILES string of the molecule is O=[N+]([O-])c1cc(OCCCl)c2ncccc2c1. The predicted octanol–water partition coefficient (Wildman–Crippen LogP) is 2.76. The molecule has 0 N–H and O–H groups in total. The van der Waals surface area contributed by atoms with Crippen LogP contribution >= 0.6 is 11.6 Å². The van der Waals surface area contributed by atoms with Crippen molar-refractivity contribution in [1.29, 1.82) is 0 Å². The summed E-state index contributed by atoms with van der Waals surface area (Å²) in [5.74, 6) is 0.701. The highest BCUT2D eigenvalue weighted by Crippen LogP contribution is 2.29. The first kappa shape index (κ1) is 11.6. The van der Waals surface area contributed by atoms with Gasteiger partial charge in [0.2, 0.25) is 0 Å². The quantitative estimate of drug-likeness (QED) is 0.477. The molecule has 0 saturated carbocycles. The zero-order valence-corrected chi connectivity index (χ0v) is 9.55. The molecule has 0 saturated heterocycles. The number of ether oxygens (including phenoxy) is 1. The molecule has 17 heavy (non-hydrogen) atoms. The van der Waals surface area contributed by atoms with E-state index in [1.807, 2.05) is 0 Å².